The van der Waals surface area contributed by atoms with Crippen molar-refractivity contribution in [1.29, 1.82) is 0 Å². The first-order valence-corrected chi connectivity index (χ1v) is 8.00. The molecule has 1 N–H and O–H groups in total. The Balaban J connectivity index is 1.77. The summed E-state index contributed by atoms with van der Waals surface area (Å²) in [5.41, 5.74) is 4.78. The number of imidazole rings is 1. The first-order chi connectivity index (χ1) is 10.6. The van der Waals surface area contributed by atoms with Gasteiger partial charge in [0, 0.05) is 18.1 Å². The van der Waals surface area contributed by atoms with Gasteiger partial charge < -0.3 is 9.88 Å². The van der Waals surface area contributed by atoms with E-state index in [2.05, 4.69) is 74.1 Å². The summed E-state index contributed by atoms with van der Waals surface area (Å²) in [6.07, 6.45) is 1.90. The summed E-state index contributed by atoms with van der Waals surface area (Å²) >= 11 is 3.46. The molecule has 112 valence electrons. The van der Waals surface area contributed by atoms with Gasteiger partial charge in [-0.2, -0.15) is 0 Å². The normalized spacial score (nSPS) is 10.7. The lowest BCUT2D eigenvalue weighted by Gasteiger charge is -2.09. The van der Waals surface area contributed by atoms with Crippen molar-refractivity contribution in [2.24, 2.45) is 7.05 Å². The highest BCUT2D eigenvalue weighted by atomic mass is 79.9. The van der Waals surface area contributed by atoms with Crippen molar-refractivity contribution < 1.29 is 0 Å². The molecule has 0 saturated carbocycles. The fourth-order valence-electron chi connectivity index (χ4n) is 2.47. The highest BCUT2D eigenvalue weighted by molar-refractivity contribution is 9.10. The Morgan fingerprint density at radius 1 is 1.14 bits per heavy atom. The minimum Gasteiger partial charge on any atom is -0.352 e. The predicted molar refractivity (Wildman–Crippen MR) is 94.8 cm³/mol. The van der Waals surface area contributed by atoms with E-state index in [9.17, 15) is 0 Å². The fourth-order valence-corrected chi connectivity index (χ4v) is 2.73. The van der Waals surface area contributed by atoms with Gasteiger partial charge in [0.05, 0.1) is 11.9 Å². The summed E-state index contributed by atoms with van der Waals surface area (Å²) in [6.45, 7) is 2.88. The molecule has 0 aliphatic rings. The van der Waals surface area contributed by atoms with Crippen LogP contribution in [0.4, 0.5) is 5.95 Å². The van der Waals surface area contributed by atoms with Gasteiger partial charge in [0.15, 0.2) is 0 Å². The summed E-state index contributed by atoms with van der Waals surface area (Å²) in [5.74, 6) is 0.874. The Hall–Kier alpha value is -2.07. The number of halogens is 1. The third-order valence-electron chi connectivity index (χ3n) is 3.66. The standard InChI is InChI=1S/C18H18BrN3/c1-13-4-3-5-14(10-13)11-20-18-21-12-17(22(18)2)15-6-8-16(19)9-7-15/h3-10,12H,11H2,1-2H3,(H,20,21). The molecule has 22 heavy (non-hydrogen) atoms. The molecule has 4 heteroatoms. The second-order valence-corrected chi connectivity index (χ2v) is 6.29. The molecule has 3 aromatic rings. The van der Waals surface area contributed by atoms with E-state index in [1.807, 2.05) is 25.4 Å². The maximum Gasteiger partial charge on any atom is 0.203 e. The number of nitrogens with one attached hydrogen (secondary N) is 1. The van der Waals surface area contributed by atoms with Gasteiger partial charge in [0.2, 0.25) is 5.95 Å². The molecule has 0 fully saturated rings. The second-order valence-electron chi connectivity index (χ2n) is 5.38. The number of aryl methyl sites for hydroxylation is 1. The van der Waals surface area contributed by atoms with E-state index >= 15 is 0 Å². The highest BCUT2D eigenvalue weighted by Crippen LogP contribution is 2.23. The fraction of sp³-hybridized carbons (Fsp3) is 0.167. The number of rotatable bonds is 4. The molecule has 0 aliphatic heterocycles. The molecule has 3 rings (SSSR count). The highest BCUT2D eigenvalue weighted by Gasteiger charge is 2.08. The van der Waals surface area contributed by atoms with Crippen molar-refractivity contribution in [1.82, 2.24) is 9.55 Å². The lowest BCUT2D eigenvalue weighted by Crippen LogP contribution is -2.05. The van der Waals surface area contributed by atoms with Gasteiger partial charge in [-0.1, -0.05) is 57.9 Å². The van der Waals surface area contributed by atoms with E-state index in [4.69, 9.17) is 0 Å². The van der Waals surface area contributed by atoms with Crippen molar-refractivity contribution in [3.63, 3.8) is 0 Å². The quantitative estimate of drug-likeness (QED) is 0.730. The monoisotopic (exact) mass is 355 g/mol. The lowest BCUT2D eigenvalue weighted by atomic mass is 10.1. The lowest BCUT2D eigenvalue weighted by molar-refractivity contribution is 0.906. The zero-order valence-electron chi connectivity index (χ0n) is 12.7. The van der Waals surface area contributed by atoms with Crippen molar-refractivity contribution in [3.05, 3.63) is 70.3 Å². The van der Waals surface area contributed by atoms with Gasteiger partial charge in [-0.05, 0) is 30.2 Å². The Bertz CT molecular complexity index is 775. The van der Waals surface area contributed by atoms with E-state index in [1.54, 1.807) is 0 Å². The average Bonchev–Trinajstić information content (AvgIpc) is 2.87. The zero-order chi connectivity index (χ0) is 15.5. The van der Waals surface area contributed by atoms with Crippen LogP contribution >= 0.6 is 15.9 Å². The number of benzene rings is 2. The smallest absolute Gasteiger partial charge is 0.203 e. The Morgan fingerprint density at radius 2 is 1.91 bits per heavy atom. The molecule has 0 amide bonds. The minimum atomic E-state index is 0.770. The van der Waals surface area contributed by atoms with Gasteiger partial charge in [-0.15, -0.1) is 0 Å². The van der Waals surface area contributed by atoms with Gasteiger partial charge in [-0.3, -0.25) is 0 Å². The summed E-state index contributed by atoms with van der Waals surface area (Å²) in [7, 11) is 2.03. The van der Waals surface area contributed by atoms with Gasteiger partial charge >= 0.3 is 0 Å². The maximum absolute atomic E-state index is 4.49. The number of anilines is 1. The molecular weight excluding hydrogens is 338 g/mol. The van der Waals surface area contributed by atoms with Crippen molar-refractivity contribution in [2.45, 2.75) is 13.5 Å². The van der Waals surface area contributed by atoms with E-state index in [0.29, 0.717) is 0 Å². The van der Waals surface area contributed by atoms with E-state index in [1.165, 1.54) is 11.1 Å². The van der Waals surface area contributed by atoms with Crippen LogP contribution in [0.1, 0.15) is 11.1 Å². The van der Waals surface area contributed by atoms with Crippen molar-refractivity contribution in [2.75, 3.05) is 5.32 Å². The number of hydrogen-bond acceptors (Lipinski definition) is 2. The van der Waals surface area contributed by atoms with Crippen LogP contribution in [0.25, 0.3) is 11.3 Å². The molecule has 0 atom stereocenters. The van der Waals surface area contributed by atoms with E-state index < -0.39 is 0 Å². The van der Waals surface area contributed by atoms with Crippen LogP contribution in [0.15, 0.2) is 59.2 Å². The molecular formula is C18H18BrN3. The third-order valence-corrected chi connectivity index (χ3v) is 4.19. The van der Waals surface area contributed by atoms with Gasteiger partial charge in [-0.25, -0.2) is 4.98 Å². The Kier molecular flexibility index (Phi) is 4.29. The van der Waals surface area contributed by atoms with Gasteiger partial charge in [0.1, 0.15) is 0 Å². The van der Waals surface area contributed by atoms with Crippen LogP contribution in [-0.2, 0) is 13.6 Å². The topological polar surface area (TPSA) is 29.9 Å². The van der Waals surface area contributed by atoms with Crippen LogP contribution < -0.4 is 5.32 Å². The van der Waals surface area contributed by atoms with Crippen LogP contribution in [0.5, 0.6) is 0 Å². The summed E-state index contributed by atoms with van der Waals surface area (Å²) in [6, 6.07) is 16.8. The van der Waals surface area contributed by atoms with Crippen molar-refractivity contribution >= 4 is 21.9 Å². The van der Waals surface area contributed by atoms with Crippen molar-refractivity contribution in [3.8, 4) is 11.3 Å². The summed E-state index contributed by atoms with van der Waals surface area (Å²) < 4.78 is 3.16. The summed E-state index contributed by atoms with van der Waals surface area (Å²) in [4.78, 5) is 4.49. The first-order valence-electron chi connectivity index (χ1n) is 7.20. The SMILES string of the molecule is Cc1cccc(CNc2ncc(-c3ccc(Br)cc3)n2C)c1. The molecule has 1 heterocycles. The maximum atomic E-state index is 4.49. The first kappa shape index (κ1) is 14.9. The molecule has 3 nitrogen and oxygen atoms in total. The largest absolute Gasteiger partial charge is 0.352 e. The molecule has 2 aromatic carbocycles. The van der Waals surface area contributed by atoms with Gasteiger partial charge in [0.25, 0.3) is 0 Å². The Morgan fingerprint density at radius 3 is 2.64 bits per heavy atom. The number of hydrogen-bond donors (Lipinski definition) is 1. The molecule has 0 bridgehead atoms. The molecule has 1 aromatic heterocycles. The van der Waals surface area contributed by atoms with Crippen LogP contribution in [0.2, 0.25) is 0 Å². The van der Waals surface area contributed by atoms with Crippen LogP contribution in [-0.4, -0.2) is 9.55 Å². The minimum absolute atomic E-state index is 0.770. The Labute approximate surface area is 139 Å². The summed E-state index contributed by atoms with van der Waals surface area (Å²) in [5, 5.41) is 3.40. The molecule has 0 radical (unpaired) electrons. The molecule has 0 aliphatic carbocycles. The third kappa shape index (κ3) is 3.22. The average molecular weight is 356 g/mol. The molecule has 0 saturated heterocycles. The van der Waals surface area contributed by atoms with Crippen LogP contribution in [0, 0.1) is 6.92 Å². The van der Waals surface area contributed by atoms with E-state index in [-0.39, 0.29) is 0 Å². The second kappa shape index (κ2) is 6.36. The number of nitrogens with zero attached hydrogens (tertiary/aromatic N) is 2. The molecule has 0 unspecified atom stereocenters. The zero-order valence-corrected chi connectivity index (χ0v) is 14.3. The van der Waals surface area contributed by atoms with Crippen LogP contribution in [0.3, 0.4) is 0 Å². The van der Waals surface area contributed by atoms with E-state index in [0.717, 1.165) is 28.2 Å². The number of aromatic nitrogens is 2. The predicted octanol–water partition coefficient (Wildman–Crippen LogP) is 4.77. The molecule has 0 spiro atoms.